The largest absolute Gasteiger partial charge is 0.354 e. The summed E-state index contributed by atoms with van der Waals surface area (Å²) >= 11 is 0. The first kappa shape index (κ1) is 18.2. The molecular weight excluding hydrogens is 312 g/mol. The van der Waals surface area contributed by atoms with Crippen molar-refractivity contribution < 1.29 is 0 Å². The van der Waals surface area contributed by atoms with Crippen LogP contribution in [-0.4, -0.2) is 32.8 Å². The Morgan fingerprint density at radius 3 is 2.28 bits per heavy atom. The van der Waals surface area contributed by atoms with Crippen LogP contribution in [0.2, 0.25) is 0 Å². The van der Waals surface area contributed by atoms with Crippen LogP contribution in [0.25, 0.3) is 0 Å². The molecule has 1 aromatic rings. The molecule has 0 aromatic carbocycles. The maximum atomic E-state index is 4.85. The molecule has 0 amide bonds. The Hall–Kier alpha value is -1.59. The summed E-state index contributed by atoms with van der Waals surface area (Å²) < 4.78 is 2.02. The molecule has 1 aromatic heterocycles. The minimum atomic E-state index is 0.521. The standard InChI is InChI=1S/C19H34N6/c1-13-9-14(2)11-17(10-13)22-19(21-16-7-5-6-8-16)20-12-18-24-23-15(3)25(18)4/h13-14,16-17H,5-12H2,1-4H3,(H2,20,21,22). The summed E-state index contributed by atoms with van der Waals surface area (Å²) in [5.74, 6) is 4.37. The number of nitrogens with one attached hydrogen (secondary N) is 2. The van der Waals surface area contributed by atoms with Gasteiger partial charge < -0.3 is 15.2 Å². The van der Waals surface area contributed by atoms with Gasteiger partial charge in [0.2, 0.25) is 0 Å². The highest BCUT2D eigenvalue weighted by atomic mass is 15.3. The average molecular weight is 347 g/mol. The second-order valence-corrected chi connectivity index (χ2v) is 8.27. The molecule has 2 N–H and O–H groups in total. The normalized spacial score (nSPS) is 28.3. The van der Waals surface area contributed by atoms with Gasteiger partial charge in [-0.15, -0.1) is 10.2 Å². The van der Waals surface area contributed by atoms with Crippen molar-refractivity contribution in [3.8, 4) is 0 Å². The molecule has 2 saturated carbocycles. The zero-order chi connectivity index (χ0) is 17.8. The van der Waals surface area contributed by atoms with Crippen LogP contribution in [0, 0.1) is 18.8 Å². The fourth-order valence-electron chi connectivity index (χ4n) is 4.39. The summed E-state index contributed by atoms with van der Waals surface area (Å²) in [6.07, 6.45) is 8.97. The quantitative estimate of drug-likeness (QED) is 0.650. The zero-order valence-electron chi connectivity index (χ0n) is 16.3. The van der Waals surface area contributed by atoms with Crippen LogP contribution in [0.1, 0.15) is 70.4 Å². The first-order chi connectivity index (χ1) is 12.0. The third-order valence-corrected chi connectivity index (χ3v) is 5.78. The van der Waals surface area contributed by atoms with Gasteiger partial charge in [-0.25, -0.2) is 4.99 Å². The molecule has 6 nitrogen and oxygen atoms in total. The zero-order valence-corrected chi connectivity index (χ0v) is 16.3. The molecule has 3 rings (SSSR count). The maximum absolute atomic E-state index is 4.85. The third-order valence-electron chi connectivity index (χ3n) is 5.78. The van der Waals surface area contributed by atoms with Gasteiger partial charge in [-0.05, 0) is 50.9 Å². The van der Waals surface area contributed by atoms with Gasteiger partial charge in [0.1, 0.15) is 12.4 Å². The Morgan fingerprint density at radius 1 is 1.04 bits per heavy atom. The number of aryl methyl sites for hydroxylation is 1. The second-order valence-electron chi connectivity index (χ2n) is 8.27. The Bertz CT molecular complexity index is 577. The summed E-state index contributed by atoms with van der Waals surface area (Å²) in [6, 6.07) is 1.08. The topological polar surface area (TPSA) is 67.1 Å². The van der Waals surface area contributed by atoms with Crippen LogP contribution in [0.15, 0.2) is 4.99 Å². The molecule has 2 unspecified atom stereocenters. The Labute approximate surface area is 151 Å². The lowest BCUT2D eigenvalue weighted by Gasteiger charge is -2.33. The monoisotopic (exact) mass is 346 g/mol. The minimum Gasteiger partial charge on any atom is -0.354 e. The van der Waals surface area contributed by atoms with E-state index in [0.717, 1.165) is 29.4 Å². The van der Waals surface area contributed by atoms with E-state index in [-0.39, 0.29) is 0 Å². The van der Waals surface area contributed by atoms with Gasteiger partial charge in [-0.3, -0.25) is 0 Å². The van der Waals surface area contributed by atoms with Crippen LogP contribution in [0.4, 0.5) is 0 Å². The lowest BCUT2D eigenvalue weighted by molar-refractivity contribution is 0.254. The summed E-state index contributed by atoms with van der Waals surface area (Å²) in [6.45, 7) is 7.28. The molecule has 2 aliphatic rings. The summed E-state index contributed by atoms with van der Waals surface area (Å²) in [5, 5.41) is 15.8. The molecule has 1 heterocycles. The first-order valence-electron chi connectivity index (χ1n) is 9.93. The number of nitrogens with zero attached hydrogens (tertiary/aromatic N) is 4. The predicted molar refractivity (Wildman–Crippen MR) is 101 cm³/mol. The van der Waals surface area contributed by atoms with Crippen LogP contribution < -0.4 is 10.6 Å². The van der Waals surface area contributed by atoms with E-state index in [1.54, 1.807) is 0 Å². The Balaban J connectivity index is 1.67. The van der Waals surface area contributed by atoms with E-state index in [9.17, 15) is 0 Å². The number of hydrogen-bond donors (Lipinski definition) is 2. The Kier molecular flexibility index (Phi) is 5.97. The molecule has 140 valence electrons. The van der Waals surface area contributed by atoms with Crippen molar-refractivity contribution in [2.24, 2.45) is 23.9 Å². The van der Waals surface area contributed by atoms with Gasteiger partial charge in [-0.2, -0.15) is 0 Å². The SMILES string of the molecule is Cc1nnc(CN=C(NC2CCCC2)NC2CC(C)CC(C)C2)n1C. The molecule has 2 fully saturated rings. The number of aliphatic imine (C=N–C) groups is 1. The molecule has 0 radical (unpaired) electrons. The van der Waals surface area contributed by atoms with Crippen molar-refractivity contribution in [2.45, 2.75) is 84.3 Å². The highest BCUT2D eigenvalue weighted by Crippen LogP contribution is 2.28. The fraction of sp³-hybridized carbons (Fsp3) is 0.842. The van der Waals surface area contributed by atoms with Crippen molar-refractivity contribution in [3.63, 3.8) is 0 Å². The molecule has 0 aliphatic heterocycles. The molecule has 0 bridgehead atoms. The van der Waals surface area contributed by atoms with Crippen LogP contribution in [0.5, 0.6) is 0 Å². The fourth-order valence-corrected chi connectivity index (χ4v) is 4.39. The highest BCUT2D eigenvalue weighted by molar-refractivity contribution is 5.80. The lowest BCUT2D eigenvalue weighted by atomic mass is 9.80. The van der Waals surface area contributed by atoms with Gasteiger partial charge in [0, 0.05) is 19.1 Å². The van der Waals surface area contributed by atoms with E-state index in [4.69, 9.17) is 4.99 Å². The van der Waals surface area contributed by atoms with Crippen molar-refractivity contribution in [3.05, 3.63) is 11.6 Å². The van der Waals surface area contributed by atoms with Crippen LogP contribution >= 0.6 is 0 Å². The summed E-state index contributed by atoms with van der Waals surface area (Å²) in [4.78, 5) is 4.85. The lowest BCUT2D eigenvalue weighted by Crippen LogP contribution is -2.48. The molecule has 0 spiro atoms. The van der Waals surface area contributed by atoms with Gasteiger partial charge >= 0.3 is 0 Å². The van der Waals surface area contributed by atoms with Crippen LogP contribution in [0.3, 0.4) is 0 Å². The second kappa shape index (κ2) is 8.19. The van der Waals surface area contributed by atoms with Crippen molar-refractivity contribution in [1.82, 2.24) is 25.4 Å². The van der Waals surface area contributed by atoms with Gasteiger partial charge in [0.15, 0.2) is 11.8 Å². The van der Waals surface area contributed by atoms with E-state index in [1.807, 2.05) is 18.5 Å². The first-order valence-corrected chi connectivity index (χ1v) is 9.93. The highest BCUT2D eigenvalue weighted by Gasteiger charge is 2.25. The maximum Gasteiger partial charge on any atom is 0.192 e. The van der Waals surface area contributed by atoms with E-state index in [1.165, 1.54) is 44.9 Å². The Morgan fingerprint density at radius 2 is 1.68 bits per heavy atom. The van der Waals surface area contributed by atoms with E-state index in [0.29, 0.717) is 18.6 Å². The smallest absolute Gasteiger partial charge is 0.192 e. The minimum absolute atomic E-state index is 0.521. The summed E-state index contributed by atoms with van der Waals surface area (Å²) in [5.41, 5.74) is 0. The molecule has 2 atom stereocenters. The third kappa shape index (κ3) is 4.95. The van der Waals surface area contributed by atoms with Crippen molar-refractivity contribution in [1.29, 1.82) is 0 Å². The van der Waals surface area contributed by atoms with E-state index < -0.39 is 0 Å². The van der Waals surface area contributed by atoms with Crippen molar-refractivity contribution in [2.75, 3.05) is 0 Å². The number of rotatable bonds is 4. The van der Waals surface area contributed by atoms with Gasteiger partial charge in [0.25, 0.3) is 0 Å². The van der Waals surface area contributed by atoms with Crippen LogP contribution in [-0.2, 0) is 13.6 Å². The molecule has 25 heavy (non-hydrogen) atoms. The average Bonchev–Trinajstić information content (AvgIpc) is 3.16. The van der Waals surface area contributed by atoms with E-state index in [2.05, 4.69) is 34.7 Å². The van der Waals surface area contributed by atoms with E-state index >= 15 is 0 Å². The molecule has 0 saturated heterocycles. The van der Waals surface area contributed by atoms with Crippen molar-refractivity contribution >= 4 is 5.96 Å². The molecular formula is C19H34N6. The number of aromatic nitrogens is 3. The number of hydrogen-bond acceptors (Lipinski definition) is 3. The van der Waals surface area contributed by atoms with Gasteiger partial charge in [0.05, 0.1) is 0 Å². The van der Waals surface area contributed by atoms with Gasteiger partial charge in [-0.1, -0.05) is 26.7 Å². The predicted octanol–water partition coefficient (Wildman–Crippen LogP) is 2.93. The molecule has 2 aliphatic carbocycles. The molecule has 6 heteroatoms. The number of guanidine groups is 1. The summed E-state index contributed by atoms with van der Waals surface area (Å²) in [7, 11) is 2.00.